The Morgan fingerprint density at radius 3 is 3.00 bits per heavy atom. The summed E-state index contributed by atoms with van der Waals surface area (Å²) in [6.45, 7) is 0.00955. The number of hydrogen-bond acceptors (Lipinski definition) is 4. The SMILES string of the molecule is COC(=O)CCc1ccc(OCC#N)c2[nH]ccc12. The van der Waals surface area contributed by atoms with E-state index in [0.717, 1.165) is 16.5 Å². The molecular formula is C14H14N2O3. The van der Waals surface area contributed by atoms with Crippen molar-refractivity contribution >= 4 is 16.9 Å². The molecule has 98 valence electrons. The number of nitrogens with one attached hydrogen (secondary N) is 1. The van der Waals surface area contributed by atoms with Gasteiger partial charge < -0.3 is 14.5 Å². The number of benzene rings is 1. The molecule has 0 fully saturated rings. The largest absolute Gasteiger partial charge is 0.477 e. The third-order valence-electron chi connectivity index (χ3n) is 2.89. The van der Waals surface area contributed by atoms with Gasteiger partial charge in [0.25, 0.3) is 0 Å². The number of esters is 1. The minimum Gasteiger partial charge on any atom is -0.477 e. The molecule has 0 aliphatic heterocycles. The number of aromatic amines is 1. The topological polar surface area (TPSA) is 75.1 Å². The number of carbonyl (C=O) groups is 1. The summed E-state index contributed by atoms with van der Waals surface area (Å²) in [6.07, 6.45) is 2.76. The van der Waals surface area contributed by atoms with Gasteiger partial charge in [0.2, 0.25) is 0 Å². The zero-order valence-corrected chi connectivity index (χ0v) is 10.6. The zero-order chi connectivity index (χ0) is 13.7. The maximum atomic E-state index is 11.2. The monoisotopic (exact) mass is 258 g/mol. The number of methoxy groups -OCH3 is 1. The van der Waals surface area contributed by atoms with Gasteiger partial charge in [0.05, 0.1) is 12.6 Å². The summed E-state index contributed by atoms with van der Waals surface area (Å²) in [6, 6.07) is 7.59. The number of ether oxygens (including phenoxy) is 2. The van der Waals surface area contributed by atoms with Gasteiger partial charge in [0.15, 0.2) is 6.61 Å². The molecule has 0 saturated heterocycles. The van der Waals surface area contributed by atoms with Crippen LogP contribution >= 0.6 is 0 Å². The first-order chi connectivity index (χ1) is 9.26. The van der Waals surface area contributed by atoms with Gasteiger partial charge in [-0.1, -0.05) is 6.07 Å². The number of hydrogen-bond donors (Lipinski definition) is 1. The van der Waals surface area contributed by atoms with E-state index in [4.69, 9.17) is 10.00 Å². The Hall–Kier alpha value is -2.48. The summed E-state index contributed by atoms with van der Waals surface area (Å²) in [4.78, 5) is 14.3. The lowest BCUT2D eigenvalue weighted by Gasteiger charge is -2.07. The van der Waals surface area contributed by atoms with E-state index < -0.39 is 0 Å². The van der Waals surface area contributed by atoms with E-state index in [9.17, 15) is 4.79 Å². The van der Waals surface area contributed by atoms with Crippen LogP contribution in [-0.2, 0) is 16.0 Å². The Kier molecular flexibility index (Phi) is 4.04. The van der Waals surface area contributed by atoms with E-state index >= 15 is 0 Å². The van der Waals surface area contributed by atoms with Crippen LogP contribution in [0.15, 0.2) is 24.4 Å². The number of nitrogens with zero attached hydrogens (tertiary/aromatic N) is 1. The summed E-state index contributed by atoms with van der Waals surface area (Å²) in [5.41, 5.74) is 1.89. The summed E-state index contributed by atoms with van der Waals surface area (Å²) in [5.74, 6) is 0.414. The van der Waals surface area contributed by atoms with Crippen molar-refractivity contribution < 1.29 is 14.3 Å². The van der Waals surface area contributed by atoms with Crippen LogP contribution in [0.3, 0.4) is 0 Å². The zero-order valence-electron chi connectivity index (χ0n) is 10.6. The highest BCUT2D eigenvalue weighted by atomic mass is 16.5. The Labute approximate surface area is 110 Å². The van der Waals surface area contributed by atoms with Crippen molar-refractivity contribution in [3.8, 4) is 11.8 Å². The van der Waals surface area contributed by atoms with Crippen LogP contribution in [0.2, 0.25) is 0 Å². The fourth-order valence-electron chi connectivity index (χ4n) is 1.98. The van der Waals surface area contributed by atoms with Crippen molar-refractivity contribution in [1.82, 2.24) is 4.98 Å². The Morgan fingerprint density at radius 2 is 2.26 bits per heavy atom. The molecule has 0 atom stereocenters. The number of aryl methyl sites for hydroxylation is 1. The van der Waals surface area contributed by atoms with Crippen molar-refractivity contribution in [2.75, 3.05) is 13.7 Å². The molecule has 19 heavy (non-hydrogen) atoms. The van der Waals surface area contributed by atoms with Crippen LogP contribution < -0.4 is 4.74 Å². The Morgan fingerprint density at radius 1 is 1.42 bits per heavy atom. The standard InChI is InChI=1S/C14H14N2O3/c1-18-13(17)5-3-10-2-4-12(19-9-7-15)14-11(10)6-8-16-14/h2,4,6,8,16H,3,5,9H2,1H3. The lowest BCUT2D eigenvalue weighted by atomic mass is 10.0. The van der Waals surface area contributed by atoms with Gasteiger partial charge >= 0.3 is 5.97 Å². The average molecular weight is 258 g/mol. The minimum absolute atomic E-state index is 0.00955. The summed E-state index contributed by atoms with van der Waals surface area (Å²) in [7, 11) is 1.38. The maximum Gasteiger partial charge on any atom is 0.305 e. The average Bonchev–Trinajstić information content (AvgIpc) is 2.92. The number of fused-ring (bicyclic) bond motifs is 1. The van der Waals surface area contributed by atoms with Gasteiger partial charge in [-0.2, -0.15) is 5.26 Å². The molecule has 0 aliphatic carbocycles. The van der Waals surface area contributed by atoms with Gasteiger partial charge in [-0.25, -0.2) is 0 Å². The Balaban J connectivity index is 2.25. The predicted molar refractivity (Wildman–Crippen MR) is 69.7 cm³/mol. The van der Waals surface area contributed by atoms with Gasteiger partial charge in [0.1, 0.15) is 11.8 Å². The second-order valence-corrected chi connectivity index (χ2v) is 4.01. The molecule has 1 aromatic carbocycles. The van der Waals surface area contributed by atoms with E-state index in [1.54, 1.807) is 0 Å². The molecule has 1 aromatic heterocycles. The summed E-state index contributed by atoms with van der Waals surface area (Å²) >= 11 is 0. The molecule has 0 bridgehead atoms. The van der Waals surface area contributed by atoms with Gasteiger partial charge in [-0.15, -0.1) is 0 Å². The molecule has 1 heterocycles. The van der Waals surface area contributed by atoms with Crippen molar-refractivity contribution in [2.24, 2.45) is 0 Å². The third kappa shape index (κ3) is 2.86. The second kappa shape index (κ2) is 5.91. The second-order valence-electron chi connectivity index (χ2n) is 4.01. The van der Waals surface area contributed by atoms with Crippen LogP contribution in [0.4, 0.5) is 0 Å². The van der Waals surface area contributed by atoms with Crippen LogP contribution in [0.5, 0.6) is 5.75 Å². The fourth-order valence-corrected chi connectivity index (χ4v) is 1.98. The molecule has 0 spiro atoms. The Bertz CT molecular complexity index is 625. The normalized spacial score (nSPS) is 10.1. The van der Waals surface area contributed by atoms with E-state index in [1.165, 1.54) is 7.11 Å². The first kappa shape index (κ1) is 13.0. The van der Waals surface area contributed by atoms with Crippen LogP contribution in [0, 0.1) is 11.3 Å². The molecule has 0 unspecified atom stereocenters. The quantitative estimate of drug-likeness (QED) is 0.834. The number of aromatic nitrogens is 1. The molecule has 5 heteroatoms. The van der Waals surface area contributed by atoms with Crippen LogP contribution in [0.25, 0.3) is 10.9 Å². The first-order valence-corrected chi connectivity index (χ1v) is 5.91. The van der Waals surface area contributed by atoms with E-state index in [2.05, 4.69) is 9.72 Å². The van der Waals surface area contributed by atoms with E-state index in [0.29, 0.717) is 18.6 Å². The molecule has 2 aromatic rings. The van der Waals surface area contributed by atoms with Gasteiger partial charge in [-0.3, -0.25) is 4.79 Å². The lowest BCUT2D eigenvalue weighted by Crippen LogP contribution is -2.02. The minimum atomic E-state index is -0.228. The molecule has 0 aliphatic rings. The number of rotatable bonds is 5. The van der Waals surface area contributed by atoms with Crippen molar-refractivity contribution in [3.05, 3.63) is 30.0 Å². The van der Waals surface area contributed by atoms with Crippen LogP contribution in [-0.4, -0.2) is 24.7 Å². The van der Waals surface area contributed by atoms with Crippen molar-refractivity contribution in [3.63, 3.8) is 0 Å². The lowest BCUT2D eigenvalue weighted by molar-refractivity contribution is -0.140. The van der Waals surface area contributed by atoms with Crippen molar-refractivity contribution in [1.29, 1.82) is 5.26 Å². The smallest absolute Gasteiger partial charge is 0.305 e. The molecule has 0 amide bonds. The maximum absolute atomic E-state index is 11.2. The summed E-state index contributed by atoms with van der Waals surface area (Å²) < 4.78 is 9.98. The van der Waals surface area contributed by atoms with Gasteiger partial charge in [0, 0.05) is 18.0 Å². The van der Waals surface area contributed by atoms with E-state index in [1.807, 2.05) is 30.5 Å². The summed E-state index contributed by atoms with van der Waals surface area (Å²) in [5, 5.41) is 9.54. The molecule has 0 radical (unpaired) electrons. The third-order valence-corrected chi connectivity index (χ3v) is 2.89. The van der Waals surface area contributed by atoms with Crippen molar-refractivity contribution in [2.45, 2.75) is 12.8 Å². The highest BCUT2D eigenvalue weighted by Crippen LogP contribution is 2.28. The van der Waals surface area contributed by atoms with E-state index in [-0.39, 0.29) is 12.6 Å². The highest BCUT2D eigenvalue weighted by molar-refractivity contribution is 5.88. The molecule has 5 nitrogen and oxygen atoms in total. The molecule has 1 N–H and O–H groups in total. The predicted octanol–water partition coefficient (Wildman–Crippen LogP) is 2.18. The van der Waals surface area contributed by atoms with Crippen LogP contribution in [0.1, 0.15) is 12.0 Å². The number of H-pyrrole nitrogens is 1. The molecular weight excluding hydrogens is 244 g/mol. The number of nitriles is 1. The highest BCUT2D eigenvalue weighted by Gasteiger charge is 2.09. The first-order valence-electron chi connectivity index (χ1n) is 5.91. The molecule has 2 rings (SSSR count). The molecule has 0 saturated carbocycles. The number of carbonyl (C=O) groups excluding carboxylic acids is 1. The fraction of sp³-hybridized carbons (Fsp3) is 0.286. The van der Waals surface area contributed by atoms with Gasteiger partial charge in [-0.05, 0) is 24.1 Å².